The molecule has 1 aromatic carbocycles. The molecule has 1 aliphatic rings. The molecule has 1 heterocycles. The average Bonchev–Trinajstić information content (AvgIpc) is 2.28. The van der Waals surface area contributed by atoms with E-state index in [2.05, 4.69) is 35.8 Å². The van der Waals surface area contributed by atoms with Gasteiger partial charge in [-0.15, -0.1) is 0 Å². The largest absolute Gasteiger partial charge is 0.372 e. The first-order valence-corrected chi connectivity index (χ1v) is 4.40. The molecule has 2 heteroatoms. The zero-order valence-electron chi connectivity index (χ0n) is 7.35. The number of hydrogen-bond acceptors (Lipinski definition) is 2. The molecule has 0 spiro atoms. The average molecular weight is 162 g/mol. The maximum absolute atomic E-state index is 3.34. The van der Waals surface area contributed by atoms with Crippen LogP contribution in [0.2, 0.25) is 0 Å². The van der Waals surface area contributed by atoms with Gasteiger partial charge < -0.3 is 5.32 Å². The molecule has 12 heavy (non-hydrogen) atoms. The van der Waals surface area contributed by atoms with Gasteiger partial charge in [0.2, 0.25) is 0 Å². The molecule has 0 aromatic heterocycles. The summed E-state index contributed by atoms with van der Waals surface area (Å²) in [7, 11) is 0. The maximum atomic E-state index is 3.34. The SMILES string of the molecule is Cc1ccc2c(c1)CCNCN2. The van der Waals surface area contributed by atoms with E-state index in [-0.39, 0.29) is 0 Å². The molecule has 0 radical (unpaired) electrons. The highest BCUT2D eigenvalue weighted by molar-refractivity contribution is 5.53. The van der Waals surface area contributed by atoms with Crippen molar-refractivity contribution in [2.75, 3.05) is 18.5 Å². The molecule has 64 valence electrons. The summed E-state index contributed by atoms with van der Waals surface area (Å²) in [6.07, 6.45) is 1.13. The number of hydrogen-bond donors (Lipinski definition) is 2. The van der Waals surface area contributed by atoms with Gasteiger partial charge in [-0.1, -0.05) is 17.7 Å². The van der Waals surface area contributed by atoms with Crippen molar-refractivity contribution in [3.63, 3.8) is 0 Å². The van der Waals surface area contributed by atoms with Crippen molar-refractivity contribution in [2.24, 2.45) is 0 Å². The molecule has 2 rings (SSSR count). The van der Waals surface area contributed by atoms with E-state index in [1.807, 2.05) is 0 Å². The second-order valence-electron chi connectivity index (χ2n) is 3.26. The van der Waals surface area contributed by atoms with Gasteiger partial charge in [0.05, 0.1) is 6.67 Å². The molecule has 0 atom stereocenters. The minimum absolute atomic E-state index is 0.885. The van der Waals surface area contributed by atoms with E-state index in [0.717, 1.165) is 19.6 Å². The minimum atomic E-state index is 0.885. The fraction of sp³-hybridized carbons (Fsp3) is 0.400. The van der Waals surface area contributed by atoms with Gasteiger partial charge in [-0.05, 0) is 25.0 Å². The third-order valence-corrected chi connectivity index (χ3v) is 2.24. The highest BCUT2D eigenvalue weighted by Crippen LogP contribution is 2.18. The van der Waals surface area contributed by atoms with Gasteiger partial charge in [-0.3, -0.25) is 5.32 Å². The summed E-state index contributed by atoms with van der Waals surface area (Å²) < 4.78 is 0. The third kappa shape index (κ3) is 1.43. The molecular weight excluding hydrogens is 148 g/mol. The Labute approximate surface area is 73.0 Å². The Kier molecular flexibility index (Phi) is 2.00. The second-order valence-corrected chi connectivity index (χ2v) is 3.26. The minimum Gasteiger partial charge on any atom is -0.372 e. The summed E-state index contributed by atoms with van der Waals surface area (Å²) >= 11 is 0. The van der Waals surface area contributed by atoms with E-state index in [9.17, 15) is 0 Å². The molecule has 2 nitrogen and oxygen atoms in total. The van der Waals surface area contributed by atoms with Gasteiger partial charge >= 0.3 is 0 Å². The smallest absolute Gasteiger partial charge is 0.0653 e. The summed E-state index contributed by atoms with van der Waals surface area (Å²) in [5.41, 5.74) is 4.06. The molecule has 0 aliphatic carbocycles. The zero-order chi connectivity index (χ0) is 8.39. The Morgan fingerprint density at radius 1 is 1.33 bits per heavy atom. The topological polar surface area (TPSA) is 24.1 Å². The van der Waals surface area contributed by atoms with Crippen LogP contribution in [0.15, 0.2) is 18.2 Å². The first-order chi connectivity index (χ1) is 5.86. The van der Waals surface area contributed by atoms with E-state index in [1.54, 1.807) is 0 Å². The molecule has 0 amide bonds. The Bertz CT molecular complexity index is 281. The number of rotatable bonds is 0. The number of anilines is 1. The lowest BCUT2D eigenvalue weighted by Crippen LogP contribution is -2.20. The van der Waals surface area contributed by atoms with Crippen molar-refractivity contribution in [3.8, 4) is 0 Å². The summed E-state index contributed by atoms with van der Waals surface area (Å²) in [6, 6.07) is 6.57. The fourth-order valence-corrected chi connectivity index (χ4v) is 1.57. The molecule has 0 unspecified atom stereocenters. The van der Waals surface area contributed by atoms with Crippen LogP contribution < -0.4 is 10.6 Å². The van der Waals surface area contributed by atoms with E-state index < -0.39 is 0 Å². The highest BCUT2D eigenvalue weighted by Gasteiger charge is 2.05. The monoisotopic (exact) mass is 162 g/mol. The van der Waals surface area contributed by atoms with Crippen molar-refractivity contribution in [1.29, 1.82) is 0 Å². The first-order valence-electron chi connectivity index (χ1n) is 4.40. The van der Waals surface area contributed by atoms with Crippen LogP contribution in [0.4, 0.5) is 5.69 Å². The second kappa shape index (κ2) is 3.15. The van der Waals surface area contributed by atoms with Crippen LogP contribution in [-0.2, 0) is 6.42 Å². The van der Waals surface area contributed by atoms with Gasteiger partial charge in [0.25, 0.3) is 0 Å². The van der Waals surface area contributed by atoms with Crippen LogP contribution in [0, 0.1) is 6.92 Å². The fourth-order valence-electron chi connectivity index (χ4n) is 1.57. The summed E-state index contributed by atoms with van der Waals surface area (Å²) in [5, 5.41) is 6.64. The van der Waals surface area contributed by atoms with Crippen molar-refractivity contribution in [3.05, 3.63) is 29.3 Å². The van der Waals surface area contributed by atoms with E-state index in [1.165, 1.54) is 16.8 Å². The normalized spacial score (nSPS) is 16.1. The molecule has 0 fully saturated rings. The van der Waals surface area contributed by atoms with Crippen LogP contribution in [0.25, 0.3) is 0 Å². The van der Waals surface area contributed by atoms with Gasteiger partial charge in [-0.25, -0.2) is 0 Å². The number of aryl methyl sites for hydroxylation is 1. The van der Waals surface area contributed by atoms with Crippen LogP contribution >= 0.6 is 0 Å². The Morgan fingerprint density at radius 2 is 2.25 bits per heavy atom. The highest BCUT2D eigenvalue weighted by atomic mass is 15.1. The van der Waals surface area contributed by atoms with Crippen molar-refractivity contribution in [2.45, 2.75) is 13.3 Å². The van der Waals surface area contributed by atoms with E-state index in [0.29, 0.717) is 0 Å². The summed E-state index contributed by atoms with van der Waals surface area (Å²) in [4.78, 5) is 0. The lowest BCUT2D eigenvalue weighted by Gasteiger charge is -2.06. The molecular formula is C10H14N2. The standard InChI is InChI=1S/C10H14N2/c1-8-2-3-10-9(6-8)4-5-11-7-12-10/h2-3,6,11-12H,4-5,7H2,1H3. The Morgan fingerprint density at radius 3 is 3.17 bits per heavy atom. The predicted molar refractivity (Wildman–Crippen MR) is 51.4 cm³/mol. The molecule has 1 aromatic rings. The molecule has 0 saturated heterocycles. The number of fused-ring (bicyclic) bond motifs is 1. The quantitative estimate of drug-likeness (QED) is 0.604. The van der Waals surface area contributed by atoms with Crippen LogP contribution in [0.3, 0.4) is 0 Å². The van der Waals surface area contributed by atoms with Crippen molar-refractivity contribution in [1.82, 2.24) is 5.32 Å². The van der Waals surface area contributed by atoms with Crippen molar-refractivity contribution >= 4 is 5.69 Å². The van der Waals surface area contributed by atoms with Crippen LogP contribution in [-0.4, -0.2) is 13.2 Å². The molecule has 0 saturated carbocycles. The maximum Gasteiger partial charge on any atom is 0.0653 e. The zero-order valence-corrected chi connectivity index (χ0v) is 7.35. The molecule has 0 bridgehead atoms. The molecule has 1 aliphatic heterocycles. The van der Waals surface area contributed by atoms with Gasteiger partial charge in [0.1, 0.15) is 0 Å². The third-order valence-electron chi connectivity index (χ3n) is 2.24. The number of benzene rings is 1. The lowest BCUT2D eigenvalue weighted by atomic mass is 10.1. The predicted octanol–water partition coefficient (Wildman–Crippen LogP) is 1.51. The first kappa shape index (κ1) is 7.62. The summed E-state index contributed by atoms with van der Waals surface area (Å²) in [6.45, 7) is 4.10. The van der Waals surface area contributed by atoms with E-state index in [4.69, 9.17) is 0 Å². The van der Waals surface area contributed by atoms with Gasteiger partial charge in [0, 0.05) is 12.2 Å². The Hall–Kier alpha value is -1.02. The Balaban J connectivity index is 2.36. The van der Waals surface area contributed by atoms with Gasteiger partial charge in [0.15, 0.2) is 0 Å². The van der Waals surface area contributed by atoms with E-state index >= 15 is 0 Å². The lowest BCUT2D eigenvalue weighted by molar-refractivity contribution is 0.743. The summed E-state index contributed by atoms with van der Waals surface area (Å²) in [5.74, 6) is 0. The number of nitrogens with one attached hydrogen (secondary N) is 2. The van der Waals surface area contributed by atoms with Crippen molar-refractivity contribution < 1.29 is 0 Å². The van der Waals surface area contributed by atoms with Gasteiger partial charge in [-0.2, -0.15) is 0 Å². The van der Waals surface area contributed by atoms with Crippen LogP contribution in [0.5, 0.6) is 0 Å². The molecule has 2 N–H and O–H groups in total. The van der Waals surface area contributed by atoms with Crippen LogP contribution in [0.1, 0.15) is 11.1 Å².